The lowest BCUT2D eigenvalue weighted by Crippen LogP contribution is -2.12. The van der Waals surface area contributed by atoms with Crippen molar-refractivity contribution in [3.8, 4) is 0 Å². The van der Waals surface area contributed by atoms with E-state index in [-0.39, 0.29) is 0 Å². The van der Waals surface area contributed by atoms with Gasteiger partial charge in [0.15, 0.2) is 0 Å². The van der Waals surface area contributed by atoms with Gasteiger partial charge in [0.05, 0.1) is 0 Å². The highest BCUT2D eigenvalue weighted by Gasteiger charge is 1.98. The molecule has 2 N–H and O–H groups in total. The second-order valence-electron chi connectivity index (χ2n) is 4.63. The number of hydrogen-bond acceptors (Lipinski definition) is 1. The van der Waals surface area contributed by atoms with Crippen molar-refractivity contribution in [1.29, 1.82) is 0 Å². The van der Waals surface area contributed by atoms with Crippen molar-refractivity contribution in [1.82, 2.24) is 10.3 Å². The van der Waals surface area contributed by atoms with E-state index < -0.39 is 0 Å². The van der Waals surface area contributed by atoms with Crippen molar-refractivity contribution in [2.24, 2.45) is 0 Å². The van der Waals surface area contributed by atoms with Gasteiger partial charge in [-0.3, -0.25) is 0 Å². The first-order valence-corrected chi connectivity index (χ1v) is 7.12. The molecule has 1 heterocycles. The van der Waals surface area contributed by atoms with Crippen molar-refractivity contribution < 1.29 is 0 Å². The molecule has 0 atom stereocenters. The van der Waals surface area contributed by atoms with Crippen molar-refractivity contribution in [3.63, 3.8) is 0 Å². The normalized spacial score (nSPS) is 11.0. The molecule has 0 aliphatic rings. The van der Waals surface area contributed by atoms with Crippen LogP contribution >= 0.6 is 15.9 Å². The number of hydrogen-bond donors (Lipinski definition) is 2. The first-order valence-electron chi connectivity index (χ1n) is 6.32. The molecule has 0 saturated heterocycles. The fourth-order valence-electron chi connectivity index (χ4n) is 2.20. The van der Waals surface area contributed by atoms with Gasteiger partial charge in [0.25, 0.3) is 0 Å². The van der Waals surface area contributed by atoms with Crippen molar-refractivity contribution in [3.05, 3.63) is 70.3 Å². The lowest BCUT2D eigenvalue weighted by molar-refractivity contribution is 0.693. The average molecular weight is 315 g/mol. The third-order valence-electron chi connectivity index (χ3n) is 3.17. The van der Waals surface area contributed by atoms with Gasteiger partial charge in [0, 0.05) is 29.3 Å². The van der Waals surface area contributed by atoms with Crippen LogP contribution in [0.5, 0.6) is 0 Å². The number of aromatic nitrogens is 1. The van der Waals surface area contributed by atoms with Crippen LogP contribution in [0.15, 0.2) is 59.2 Å². The number of fused-ring (bicyclic) bond motifs is 1. The molecule has 0 bridgehead atoms. The van der Waals surface area contributed by atoms with Crippen LogP contribution in [0.2, 0.25) is 0 Å². The van der Waals surface area contributed by atoms with E-state index in [1.165, 1.54) is 22.0 Å². The Morgan fingerprint density at radius 2 is 1.79 bits per heavy atom. The van der Waals surface area contributed by atoms with Crippen molar-refractivity contribution >= 4 is 26.8 Å². The summed E-state index contributed by atoms with van der Waals surface area (Å²) in [5.41, 5.74) is 3.78. The van der Waals surface area contributed by atoms with Crippen LogP contribution in [-0.4, -0.2) is 4.98 Å². The maximum Gasteiger partial charge on any atom is 0.0457 e. The van der Waals surface area contributed by atoms with Crippen molar-refractivity contribution in [2.75, 3.05) is 0 Å². The molecular formula is C16H15BrN2. The molecule has 0 unspecified atom stereocenters. The second kappa shape index (κ2) is 5.59. The predicted molar refractivity (Wildman–Crippen MR) is 83.0 cm³/mol. The number of benzene rings is 2. The Hall–Kier alpha value is -1.58. The minimum absolute atomic E-state index is 0.876. The van der Waals surface area contributed by atoms with E-state index in [9.17, 15) is 0 Å². The Morgan fingerprint density at radius 1 is 0.947 bits per heavy atom. The molecule has 2 aromatic carbocycles. The maximum absolute atomic E-state index is 3.49. The fourth-order valence-corrected chi connectivity index (χ4v) is 2.65. The number of halogens is 1. The third kappa shape index (κ3) is 3.06. The minimum atomic E-state index is 0.876. The summed E-state index contributed by atoms with van der Waals surface area (Å²) in [5, 5.41) is 4.73. The largest absolute Gasteiger partial charge is 0.361 e. The van der Waals surface area contributed by atoms with E-state index in [0.29, 0.717) is 0 Å². The molecule has 0 aliphatic heterocycles. The molecule has 0 radical (unpaired) electrons. The summed E-state index contributed by atoms with van der Waals surface area (Å²) in [6, 6.07) is 17.0. The summed E-state index contributed by atoms with van der Waals surface area (Å²) in [5.74, 6) is 0. The SMILES string of the molecule is Brc1cccc(CNCc2ccc3cc[nH]c3c2)c1. The Bertz CT molecular complexity index is 688. The molecule has 0 fully saturated rings. The van der Waals surface area contributed by atoms with Crippen LogP contribution in [0, 0.1) is 0 Å². The zero-order chi connectivity index (χ0) is 13.1. The zero-order valence-electron chi connectivity index (χ0n) is 10.5. The molecule has 3 aromatic rings. The van der Waals surface area contributed by atoms with Crippen molar-refractivity contribution in [2.45, 2.75) is 13.1 Å². The van der Waals surface area contributed by atoms with Gasteiger partial charge in [-0.05, 0) is 40.8 Å². The smallest absolute Gasteiger partial charge is 0.0457 e. The van der Waals surface area contributed by atoms with E-state index in [1.807, 2.05) is 12.3 Å². The van der Waals surface area contributed by atoms with Gasteiger partial charge in [0.1, 0.15) is 0 Å². The molecule has 3 heteroatoms. The maximum atomic E-state index is 3.49. The number of rotatable bonds is 4. The van der Waals surface area contributed by atoms with Gasteiger partial charge in [-0.1, -0.05) is 40.2 Å². The van der Waals surface area contributed by atoms with E-state index in [1.54, 1.807) is 0 Å². The second-order valence-corrected chi connectivity index (χ2v) is 5.55. The predicted octanol–water partition coefficient (Wildman–Crippen LogP) is 4.22. The Balaban J connectivity index is 1.62. The summed E-state index contributed by atoms with van der Waals surface area (Å²) < 4.78 is 1.12. The Labute approximate surface area is 121 Å². The summed E-state index contributed by atoms with van der Waals surface area (Å²) in [6.07, 6.45) is 1.98. The van der Waals surface area contributed by atoms with E-state index in [0.717, 1.165) is 17.6 Å². The third-order valence-corrected chi connectivity index (χ3v) is 3.66. The van der Waals surface area contributed by atoms with Gasteiger partial charge >= 0.3 is 0 Å². The Kier molecular flexibility index (Phi) is 3.67. The summed E-state index contributed by atoms with van der Waals surface area (Å²) >= 11 is 3.49. The fraction of sp³-hybridized carbons (Fsp3) is 0.125. The van der Waals surface area contributed by atoms with Gasteiger partial charge in [0.2, 0.25) is 0 Å². The monoisotopic (exact) mass is 314 g/mol. The zero-order valence-corrected chi connectivity index (χ0v) is 12.1. The molecule has 0 spiro atoms. The highest BCUT2D eigenvalue weighted by Crippen LogP contribution is 2.14. The summed E-state index contributed by atoms with van der Waals surface area (Å²) in [4.78, 5) is 3.24. The van der Waals surface area contributed by atoms with Crippen LogP contribution in [0.4, 0.5) is 0 Å². The average Bonchev–Trinajstić information content (AvgIpc) is 2.86. The lowest BCUT2D eigenvalue weighted by Gasteiger charge is -2.06. The number of nitrogens with one attached hydrogen (secondary N) is 2. The quantitative estimate of drug-likeness (QED) is 0.741. The number of H-pyrrole nitrogens is 1. The van der Waals surface area contributed by atoms with Crippen LogP contribution in [0.3, 0.4) is 0 Å². The van der Waals surface area contributed by atoms with Gasteiger partial charge in [-0.25, -0.2) is 0 Å². The van der Waals surface area contributed by atoms with Crippen LogP contribution in [0.25, 0.3) is 10.9 Å². The lowest BCUT2D eigenvalue weighted by atomic mass is 10.1. The van der Waals surface area contributed by atoms with Crippen LogP contribution in [-0.2, 0) is 13.1 Å². The molecule has 0 saturated carbocycles. The minimum Gasteiger partial charge on any atom is -0.361 e. The molecule has 1 aromatic heterocycles. The van der Waals surface area contributed by atoms with Gasteiger partial charge in [-0.2, -0.15) is 0 Å². The number of aromatic amines is 1. The van der Waals surface area contributed by atoms with E-state index >= 15 is 0 Å². The molecule has 3 rings (SSSR count). The Morgan fingerprint density at radius 3 is 2.63 bits per heavy atom. The van der Waals surface area contributed by atoms with Crippen LogP contribution < -0.4 is 5.32 Å². The molecule has 0 aliphatic carbocycles. The standard InChI is InChI=1S/C16H15BrN2/c17-15-3-1-2-12(8-15)10-18-11-13-4-5-14-6-7-19-16(14)9-13/h1-9,18-19H,10-11H2. The first kappa shape index (κ1) is 12.5. The van der Waals surface area contributed by atoms with Gasteiger partial charge < -0.3 is 10.3 Å². The van der Waals surface area contributed by atoms with Gasteiger partial charge in [-0.15, -0.1) is 0 Å². The van der Waals surface area contributed by atoms with E-state index in [2.05, 4.69) is 68.7 Å². The molecule has 0 amide bonds. The van der Waals surface area contributed by atoms with E-state index in [4.69, 9.17) is 0 Å². The molecule has 19 heavy (non-hydrogen) atoms. The molecule has 2 nitrogen and oxygen atoms in total. The summed E-state index contributed by atoms with van der Waals surface area (Å²) in [6.45, 7) is 1.75. The molecule has 96 valence electrons. The van der Waals surface area contributed by atoms with Crippen LogP contribution in [0.1, 0.15) is 11.1 Å². The highest BCUT2D eigenvalue weighted by atomic mass is 79.9. The first-order chi connectivity index (χ1) is 9.31. The summed E-state index contributed by atoms with van der Waals surface area (Å²) in [7, 11) is 0. The topological polar surface area (TPSA) is 27.8 Å². The molecular weight excluding hydrogens is 300 g/mol. The highest BCUT2D eigenvalue weighted by molar-refractivity contribution is 9.10.